The molecular weight excluding hydrogens is 422 g/mol. The molecule has 0 radical (unpaired) electrons. The average molecular weight is 458 g/mol. The smallest absolute Gasteiger partial charge is 0.322 e. The standard InChI is InChI=1S/C24H35N5O2S/c1-6-27-11-13-28(14-12-27)23(30)21-16-32-22(26-21)15-29(18(4)5)24(31)25-20-9-7-19(8-10-20)17(2)3/h7-10,16-18H,6,11-15H2,1-5H3,(H,25,31). The molecule has 1 saturated heterocycles. The molecule has 1 aliphatic heterocycles. The van der Waals surface area contributed by atoms with Gasteiger partial charge in [-0.2, -0.15) is 0 Å². The predicted octanol–water partition coefficient (Wildman–Crippen LogP) is 4.49. The van der Waals surface area contributed by atoms with Gasteiger partial charge in [-0.3, -0.25) is 4.79 Å². The van der Waals surface area contributed by atoms with E-state index in [4.69, 9.17) is 0 Å². The van der Waals surface area contributed by atoms with Gasteiger partial charge in [-0.15, -0.1) is 11.3 Å². The summed E-state index contributed by atoms with van der Waals surface area (Å²) in [7, 11) is 0. The molecule has 32 heavy (non-hydrogen) atoms. The molecule has 1 aromatic carbocycles. The fourth-order valence-electron chi connectivity index (χ4n) is 3.69. The van der Waals surface area contributed by atoms with Crippen LogP contribution >= 0.6 is 11.3 Å². The number of piperazine rings is 1. The van der Waals surface area contributed by atoms with Gasteiger partial charge < -0.3 is 20.0 Å². The van der Waals surface area contributed by atoms with Crippen LogP contribution in [0.25, 0.3) is 0 Å². The first-order valence-corrected chi connectivity index (χ1v) is 12.3. The maximum absolute atomic E-state index is 12.9. The van der Waals surface area contributed by atoms with Gasteiger partial charge in [-0.25, -0.2) is 9.78 Å². The minimum absolute atomic E-state index is 0.00453. The number of benzene rings is 1. The van der Waals surface area contributed by atoms with Crippen molar-refractivity contribution in [3.05, 3.63) is 45.9 Å². The van der Waals surface area contributed by atoms with Crippen LogP contribution in [0.1, 0.15) is 61.6 Å². The Labute approximate surface area is 195 Å². The van der Waals surface area contributed by atoms with Crippen LogP contribution in [0.5, 0.6) is 0 Å². The van der Waals surface area contributed by atoms with E-state index in [1.54, 1.807) is 4.90 Å². The van der Waals surface area contributed by atoms with Crippen molar-refractivity contribution in [2.24, 2.45) is 0 Å². The first-order valence-electron chi connectivity index (χ1n) is 11.4. The number of aromatic nitrogens is 1. The Morgan fingerprint density at radius 3 is 2.31 bits per heavy atom. The molecule has 0 bridgehead atoms. The second-order valence-electron chi connectivity index (χ2n) is 8.78. The monoisotopic (exact) mass is 457 g/mol. The Morgan fingerprint density at radius 1 is 1.09 bits per heavy atom. The Balaban J connectivity index is 1.62. The molecule has 7 nitrogen and oxygen atoms in total. The van der Waals surface area contributed by atoms with Gasteiger partial charge in [0.2, 0.25) is 0 Å². The van der Waals surface area contributed by atoms with Crippen LogP contribution in [-0.4, -0.2) is 70.4 Å². The Hall–Kier alpha value is -2.45. The number of rotatable bonds is 7. The molecule has 1 aliphatic rings. The van der Waals surface area contributed by atoms with Gasteiger partial charge in [-0.05, 0) is 44.0 Å². The number of nitrogens with one attached hydrogen (secondary N) is 1. The fraction of sp³-hybridized carbons (Fsp3) is 0.542. The van der Waals surface area contributed by atoms with Gasteiger partial charge in [0.05, 0.1) is 6.54 Å². The lowest BCUT2D eigenvalue weighted by atomic mass is 10.0. The number of thiazole rings is 1. The van der Waals surface area contributed by atoms with Crippen LogP contribution in [-0.2, 0) is 6.54 Å². The average Bonchev–Trinajstić information content (AvgIpc) is 3.26. The van der Waals surface area contributed by atoms with Crippen LogP contribution < -0.4 is 5.32 Å². The van der Waals surface area contributed by atoms with Crippen molar-refractivity contribution in [2.45, 2.75) is 53.1 Å². The number of carbonyl (C=O) groups excluding carboxylic acids is 2. The lowest BCUT2D eigenvalue weighted by Gasteiger charge is -2.33. The third kappa shape index (κ3) is 6.07. The summed E-state index contributed by atoms with van der Waals surface area (Å²) in [5.74, 6) is 0.429. The van der Waals surface area contributed by atoms with E-state index in [1.807, 2.05) is 48.4 Å². The molecule has 0 atom stereocenters. The topological polar surface area (TPSA) is 68.8 Å². The molecule has 1 N–H and O–H groups in total. The Morgan fingerprint density at radius 2 is 1.75 bits per heavy atom. The lowest BCUT2D eigenvalue weighted by Crippen LogP contribution is -2.48. The van der Waals surface area contributed by atoms with Crippen LogP contribution in [0, 0.1) is 0 Å². The number of nitrogens with zero attached hydrogens (tertiary/aromatic N) is 4. The van der Waals surface area contributed by atoms with E-state index in [0.29, 0.717) is 18.2 Å². The molecule has 2 aromatic rings. The molecule has 0 unspecified atom stereocenters. The normalized spacial score (nSPS) is 14.8. The highest BCUT2D eigenvalue weighted by Gasteiger charge is 2.24. The third-order valence-electron chi connectivity index (χ3n) is 5.90. The molecule has 0 saturated carbocycles. The number of likely N-dealkylation sites (N-methyl/N-ethyl adjacent to an activating group) is 1. The molecule has 0 spiro atoms. The zero-order valence-electron chi connectivity index (χ0n) is 19.8. The first-order chi connectivity index (χ1) is 15.3. The van der Waals surface area contributed by atoms with Crippen LogP contribution in [0.4, 0.5) is 10.5 Å². The highest BCUT2D eigenvalue weighted by molar-refractivity contribution is 7.09. The zero-order chi connectivity index (χ0) is 23.3. The number of amides is 3. The van der Waals surface area contributed by atoms with E-state index in [2.05, 4.69) is 36.0 Å². The summed E-state index contributed by atoms with van der Waals surface area (Å²) >= 11 is 1.43. The number of hydrogen-bond acceptors (Lipinski definition) is 5. The second-order valence-corrected chi connectivity index (χ2v) is 9.72. The number of anilines is 1. The fourth-order valence-corrected chi connectivity index (χ4v) is 4.46. The van der Waals surface area contributed by atoms with Crippen LogP contribution in [0.3, 0.4) is 0 Å². The first kappa shape index (κ1) is 24.2. The van der Waals surface area contributed by atoms with E-state index < -0.39 is 0 Å². The SMILES string of the molecule is CCN1CCN(C(=O)c2csc(CN(C(=O)Nc3ccc(C(C)C)cc3)C(C)C)n2)CC1. The van der Waals surface area contributed by atoms with E-state index in [9.17, 15) is 9.59 Å². The largest absolute Gasteiger partial charge is 0.335 e. The summed E-state index contributed by atoms with van der Waals surface area (Å²) in [5, 5.41) is 5.56. The number of urea groups is 1. The summed E-state index contributed by atoms with van der Waals surface area (Å²) in [6.45, 7) is 15.0. The van der Waals surface area contributed by atoms with E-state index >= 15 is 0 Å². The van der Waals surface area contributed by atoms with Crippen molar-refractivity contribution < 1.29 is 9.59 Å². The minimum Gasteiger partial charge on any atom is -0.335 e. The summed E-state index contributed by atoms with van der Waals surface area (Å²) in [5.41, 5.74) is 2.48. The molecule has 1 fully saturated rings. The van der Waals surface area contributed by atoms with Crippen molar-refractivity contribution >= 4 is 29.0 Å². The Kier molecular flexibility index (Phi) is 8.26. The number of carbonyl (C=O) groups is 2. The molecule has 3 amide bonds. The summed E-state index contributed by atoms with van der Waals surface area (Å²) in [4.78, 5) is 36.3. The van der Waals surface area contributed by atoms with Crippen LogP contribution in [0.2, 0.25) is 0 Å². The molecule has 174 valence electrons. The molecule has 2 heterocycles. The lowest BCUT2D eigenvalue weighted by molar-refractivity contribution is 0.0638. The zero-order valence-corrected chi connectivity index (χ0v) is 20.6. The van der Waals surface area contributed by atoms with Gasteiger partial charge in [-0.1, -0.05) is 32.9 Å². The van der Waals surface area contributed by atoms with Gasteiger partial charge in [0, 0.05) is 43.3 Å². The second kappa shape index (κ2) is 10.9. The van der Waals surface area contributed by atoms with Crippen molar-refractivity contribution in [3.8, 4) is 0 Å². The van der Waals surface area contributed by atoms with E-state index in [0.717, 1.165) is 43.4 Å². The molecule has 1 aromatic heterocycles. The molecule has 8 heteroatoms. The van der Waals surface area contributed by atoms with E-state index in [1.165, 1.54) is 16.9 Å². The van der Waals surface area contributed by atoms with E-state index in [-0.39, 0.29) is 18.0 Å². The van der Waals surface area contributed by atoms with Crippen molar-refractivity contribution in [2.75, 3.05) is 38.0 Å². The van der Waals surface area contributed by atoms with Crippen molar-refractivity contribution in [1.82, 2.24) is 19.7 Å². The van der Waals surface area contributed by atoms with Gasteiger partial charge >= 0.3 is 6.03 Å². The van der Waals surface area contributed by atoms with Crippen molar-refractivity contribution in [1.29, 1.82) is 0 Å². The summed E-state index contributed by atoms with van der Waals surface area (Å²) in [6, 6.07) is 7.78. The quantitative estimate of drug-likeness (QED) is 0.665. The molecule has 3 rings (SSSR count). The van der Waals surface area contributed by atoms with Gasteiger partial charge in [0.15, 0.2) is 0 Å². The maximum Gasteiger partial charge on any atom is 0.322 e. The number of hydrogen-bond donors (Lipinski definition) is 1. The highest BCUT2D eigenvalue weighted by atomic mass is 32.1. The van der Waals surface area contributed by atoms with Gasteiger partial charge in [0.25, 0.3) is 5.91 Å². The summed E-state index contributed by atoms with van der Waals surface area (Å²) < 4.78 is 0. The van der Waals surface area contributed by atoms with Gasteiger partial charge in [0.1, 0.15) is 10.7 Å². The van der Waals surface area contributed by atoms with Crippen molar-refractivity contribution in [3.63, 3.8) is 0 Å². The molecule has 0 aliphatic carbocycles. The summed E-state index contributed by atoms with van der Waals surface area (Å²) in [6.07, 6.45) is 0. The maximum atomic E-state index is 12.9. The predicted molar refractivity (Wildman–Crippen MR) is 130 cm³/mol. The van der Waals surface area contributed by atoms with Crippen LogP contribution in [0.15, 0.2) is 29.6 Å². The molecular formula is C24H35N5O2S. The Bertz CT molecular complexity index is 901. The minimum atomic E-state index is -0.170. The third-order valence-corrected chi connectivity index (χ3v) is 6.73. The highest BCUT2D eigenvalue weighted by Crippen LogP contribution is 2.20.